The first-order valence-electron chi connectivity index (χ1n) is 26.7. The van der Waals surface area contributed by atoms with Crippen molar-refractivity contribution in [3.63, 3.8) is 0 Å². The molecule has 0 fully saturated rings. The van der Waals surface area contributed by atoms with E-state index in [1.165, 1.54) is 52.7 Å². The van der Waals surface area contributed by atoms with E-state index in [1.807, 2.05) is 21.0 Å². The molecule has 0 aliphatic rings. The van der Waals surface area contributed by atoms with E-state index >= 15 is 0 Å². The van der Waals surface area contributed by atoms with Gasteiger partial charge < -0.3 is 68.5 Å². The third-order valence-corrected chi connectivity index (χ3v) is 10.9. The van der Waals surface area contributed by atoms with Crippen LogP contribution in [0.5, 0.6) is 0 Å². The van der Waals surface area contributed by atoms with E-state index < -0.39 is 12.2 Å². The first kappa shape index (κ1) is 86.2. The van der Waals surface area contributed by atoms with Crippen LogP contribution >= 0.6 is 0 Å². The SMILES string of the molecule is CCC(CO)COC.CCC(COC)CC(C)C.CCC(O)COC.CC[C@@H](COC)C(C)C.COC(CC(C)C)CC(C)C.COC(CO)CO.COCC(O)CO.COC[C@H](CC(C)C)C(C)C. The molecule has 0 spiro atoms. The first-order chi connectivity index (χ1) is 32.9. The number of aliphatic hydroxyl groups excluding tert-OH is 6. The summed E-state index contributed by atoms with van der Waals surface area (Å²) in [6.45, 7) is 39.3. The Morgan fingerprint density at radius 2 is 0.657 bits per heavy atom. The second kappa shape index (κ2) is 68.4. The predicted molar refractivity (Wildman–Crippen MR) is 296 cm³/mol. The molecule has 436 valence electrons. The molecule has 0 saturated heterocycles. The van der Waals surface area contributed by atoms with Gasteiger partial charge in [0, 0.05) is 89.2 Å². The van der Waals surface area contributed by atoms with Crippen LogP contribution in [-0.2, 0) is 37.9 Å². The molecule has 6 N–H and O–H groups in total. The summed E-state index contributed by atoms with van der Waals surface area (Å²) in [7, 11) is 13.3. The Balaban J connectivity index is -0.000000105. The van der Waals surface area contributed by atoms with Gasteiger partial charge in [0.15, 0.2) is 0 Å². The van der Waals surface area contributed by atoms with Crippen LogP contribution in [0.1, 0.15) is 162 Å². The second-order valence-electron chi connectivity index (χ2n) is 20.4. The summed E-state index contributed by atoms with van der Waals surface area (Å²) < 4.78 is 39.2. The molecule has 0 amide bonds. The molecule has 0 rings (SSSR count). The van der Waals surface area contributed by atoms with Crippen LogP contribution in [0.3, 0.4) is 0 Å². The van der Waals surface area contributed by atoms with E-state index in [0.29, 0.717) is 25.2 Å². The van der Waals surface area contributed by atoms with Crippen molar-refractivity contribution in [2.45, 2.75) is 187 Å². The van der Waals surface area contributed by atoms with Crippen LogP contribution in [0.15, 0.2) is 0 Å². The number of methoxy groups -OCH3 is 8. The lowest BCUT2D eigenvalue weighted by molar-refractivity contribution is 0.00933. The fourth-order valence-electron chi connectivity index (χ4n) is 6.24. The Bertz CT molecular complexity index is 831. The van der Waals surface area contributed by atoms with Crippen molar-refractivity contribution in [3.05, 3.63) is 0 Å². The van der Waals surface area contributed by atoms with Gasteiger partial charge in [-0.25, -0.2) is 0 Å². The van der Waals surface area contributed by atoms with Crippen molar-refractivity contribution in [2.75, 3.05) is 123 Å². The highest BCUT2D eigenvalue weighted by Crippen LogP contribution is 2.20. The Morgan fingerprint density at radius 3 is 0.829 bits per heavy atom. The van der Waals surface area contributed by atoms with E-state index in [2.05, 4.69) is 111 Å². The van der Waals surface area contributed by atoms with Crippen molar-refractivity contribution in [1.82, 2.24) is 0 Å². The largest absolute Gasteiger partial charge is 0.396 e. The van der Waals surface area contributed by atoms with Crippen molar-refractivity contribution in [3.8, 4) is 0 Å². The molecule has 14 heteroatoms. The van der Waals surface area contributed by atoms with Gasteiger partial charge in [0.25, 0.3) is 0 Å². The number of hydrogen-bond donors (Lipinski definition) is 6. The van der Waals surface area contributed by atoms with E-state index in [4.69, 9.17) is 54.3 Å². The zero-order valence-electron chi connectivity index (χ0n) is 50.8. The zero-order valence-corrected chi connectivity index (χ0v) is 50.8. The Morgan fingerprint density at radius 1 is 0.314 bits per heavy atom. The third kappa shape index (κ3) is 78.9. The van der Waals surface area contributed by atoms with Crippen LogP contribution in [0.4, 0.5) is 0 Å². The molecule has 14 nitrogen and oxygen atoms in total. The van der Waals surface area contributed by atoms with Gasteiger partial charge in [-0.05, 0) is 91.8 Å². The van der Waals surface area contributed by atoms with Gasteiger partial charge in [0.05, 0.1) is 51.8 Å². The average molecular weight is 1030 g/mol. The smallest absolute Gasteiger partial charge is 0.103 e. The summed E-state index contributed by atoms with van der Waals surface area (Å²) in [4.78, 5) is 0. The predicted octanol–water partition coefficient (Wildman–Crippen LogP) is 10.1. The van der Waals surface area contributed by atoms with Crippen LogP contribution in [0.2, 0.25) is 0 Å². The standard InChI is InChI=1S/2C10H22O.C9H20O.C8H18O.C6H14O2.C5H12O2.2C4H10O3/c1-8(2)6-10(7-11-5)9(3)4;1-8(2)6-10(11-5)7-9(3)4;1-5-9(7-10-4)6-8(2)3;1-5-8(6-9-4)7(2)3;1-3-6(4-7)5-8-2;1-3-5(6)4-7-2;1-7-3-4(6)2-5;1-7-4(2-5)3-6/h2*8-10H,6-7H2,1-5H3;8-9H,5-7H2,1-4H3;7-8H,5-6H2,1-4H3;6-7H,3-5H2,1-2H3;5-6H,3-4H2,1-2H3;2*4-6H,2-3H2,1H3/t10-;;;8-;;;;/m0..0..../s1. The first-order valence-corrected chi connectivity index (χ1v) is 26.7. The molecule has 0 aliphatic carbocycles. The molecule has 0 radical (unpaired) electrons. The van der Waals surface area contributed by atoms with Gasteiger partial charge in [0.1, 0.15) is 12.2 Å². The minimum atomic E-state index is -0.718. The normalized spacial score (nSPS) is 13.5. The van der Waals surface area contributed by atoms with E-state index in [1.54, 1.807) is 35.5 Å². The molecular formula is C56H128O14. The van der Waals surface area contributed by atoms with Gasteiger partial charge in [0.2, 0.25) is 0 Å². The monoisotopic (exact) mass is 1020 g/mol. The molecule has 0 heterocycles. The molecule has 6 atom stereocenters. The summed E-state index contributed by atoms with van der Waals surface area (Å²) >= 11 is 0. The Kier molecular flexibility index (Phi) is 84.2. The summed E-state index contributed by atoms with van der Waals surface area (Å²) in [5.74, 6) is 7.18. The van der Waals surface area contributed by atoms with Crippen LogP contribution < -0.4 is 0 Å². The van der Waals surface area contributed by atoms with E-state index in [9.17, 15) is 0 Å². The van der Waals surface area contributed by atoms with Gasteiger partial charge >= 0.3 is 0 Å². The van der Waals surface area contributed by atoms with Crippen LogP contribution in [0.25, 0.3) is 0 Å². The maximum atomic E-state index is 8.73. The lowest BCUT2D eigenvalue weighted by atomic mass is 9.88. The number of rotatable bonds is 32. The maximum absolute atomic E-state index is 8.73. The van der Waals surface area contributed by atoms with Gasteiger partial charge in [-0.2, -0.15) is 0 Å². The van der Waals surface area contributed by atoms with Gasteiger partial charge in [-0.1, -0.05) is 124 Å². The highest BCUT2D eigenvalue weighted by Gasteiger charge is 2.14. The molecule has 0 aromatic heterocycles. The maximum Gasteiger partial charge on any atom is 0.103 e. The lowest BCUT2D eigenvalue weighted by Crippen LogP contribution is -2.19. The fraction of sp³-hybridized carbons (Fsp3) is 1.00. The topological polar surface area (TPSA) is 195 Å². The Labute approximate surface area is 436 Å². The second-order valence-corrected chi connectivity index (χ2v) is 20.4. The molecule has 0 aromatic carbocycles. The molecule has 70 heavy (non-hydrogen) atoms. The number of hydrogen-bond acceptors (Lipinski definition) is 14. The summed E-state index contributed by atoms with van der Waals surface area (Å²) in [5.41, 5.74) is 0. The molecule has 0 saturated carbocycles. The fourth-order valence-corrected chi connectivity index (χ4v) is 6.24. The molecule has 4 unspecified atom stereocenters. The molecule has 0 aliphatic heterocycles. The molecule has 0 aromatic rings. The van der Waals surface area contributed by atoms with Crippen molar-refractivity contribution < 1.29 is 68.5 Å². The Hall–Kier alpha value is -0.560. The minimum absolute atomic E-state index is 0.118. The van der Waals surface area contributed by atoms with Crippen molar-refractivity contribution in [1.29, 1.82) is 0 Å². The average Bonchev–Trinajstić information content (AvgIpc) is 3.30. The van der Waals surface area contributed by atoms with Gasteiger partial charge in [-0.15, -0.1) is 0 Å². The molecule has 0 bridgehead atoms. The zero-order chi connectivity index (χ0) is 56.5. The highest BCUT2D eigenvalue weighted by atomic mass is 16.5. The summed E-state index contributed by atoms with van der Waals surface area (Å²) in [6, 6.07) is 0. The highest BCUT2D eigenvalue weighted by molar-refractivity contribution is 4.65. The summed E-state index contributed by atoms with van der Waals surface area (Å²) in [6.07, 6.45) is 8.26. The van der Waals surface area contributed by atoms with E-state index in [-0.39, 0.29) is 39.1 Å². The lowest BCUT2D eigenvalue weighted by Gasteiger charge is -2.21. The number of aliphatic hydroxyl groups is 6. The quantitative estimate of drug-likeness (QED) is 0.0373. The van der Waals surface area contributed by atoms with Crippen molar-refractivity contribution >= 4 is 0 Å². The number of ether oxygens (including phenoxy) is 8. The molecular weight excluding hydrogens is 897 g/mol. The third-order valence-electron chi connectivity index (χ3n) is 10.9. The van der Waals surface area contributed by atoms with E-state index in [0.717, 1.165) is 85.9 Å². The van der Waals surface area contributed by atoms with Crippen LogP contribution in [-0.4, -0.2) is 178 Å². The van der Waals surface area contributed by atoms with Crippen LogP contribution in [0, 0.1) is 59.2 Å². The van der Waals surface area contributed by atoms with Gasteiger partial charge in [-0.3, -0.25) is 0 Å². The van der Waals surface area contributed by atoms with Crippen molar-refractivity contribution in [2.24, 2.45) is 59.2 Å². The minimum Gasteiger partial charge on any atom is -0.396 e. The summed E-state index contributed by atoms with van der Waals surface area (Å²) in [5, 5.41) is 50.4.